The first-order valence-corrected chi connectivity index (χ1v) is 9.25. The van der Waals surface area contributed by atoms with Gasteiger partial charge in [0.25, 0.3) is 5.56 Å². The van der Waals surface area contributed by atoms with Gasteiger partial charge in [0.05, 0.1) is 16.5 Å². The normalized spacial score (nSPS) is 14.5. The Morgan fingerprint density at radius 2 is 1.64 bits per heavy atom. The second-order valence-corrected chi connectivity index (χ2v) is 7.12. The van der Waals surface area contributed by atoms with Gasteiger partial charge >= 0.3 is 5.97 Å². The third-order valence-corrected chi connectivity index (χ3v) is 5.26. The van der Waals surface area contributed by atoms with Crippen LogP contribution in [0.25, 0.3) is 10.9 Å². The molecule has 1 aliphatic rings. The number of nitrogens with zero attached hydrogens (tertiary/aromatic N) is 4. The highest BCUT2D eigenvalue weighted by atomic mass is 16.4. The highest BCUT2D eigenvalue weighted by Crippen LogP contribution is 2.21. The van der Waals surface area contributed by atoms with E-state index >= 15 is 0 Å². The molecule has 1 saturated heterocycles. The van der Waals surface area contributed by atoms with Crippen molar-refractivity contribution in [2.45, 2.75) is 6.92 Å². The maximum Gasteiger partial charge on any atom is 0.335 e. The Kier molecular flexibility index (Phi) is 4.50. The van der Waals surface area contributed by atoms with Crippen molar-refractivity contribution in [1.82, 2.24) is 9.55 Å². The van der Waals surface area contributed by atoms with Crippen LogP contribution in [-0.2, 0) is 7.05 Å². The fraction of sp³-hybridized carbons (Fsp3) is 0.286. The molecule has 0 atom stereocenters. The standard InChI is InChI=1S/C21H22N4O3/c1-14-3-6-16(7-4-14)24-9-11-25(12-10-24)21-22-18-13-15(20(27)28)5-8-17(18)19(26)23(21)2/h3-8,13H,9-12H2,1-2H3,(H,27,28). The van der Waals surface area contributed by atoms with Crippen molar-refractivity contribution in [2.24, 2.45) is 7.05 Å². The number of aromatic carboxylic acids is 1. The summed E-state index contributed by atoms with van der Waals surface area (Å²) in [5, 5.41) is 9.64. The minimum atomic E-state index is -1.03. The summed E-state index contributed by atoms with van der Waals surface area (Å²) >= 11 is 0. The summed E-state index contributed by atoms with van der Waals surface area (Å²) in [6.07, 6.45) is 0. The number of carbonyl (C=O) groups is 1. The fourth-order valence-corrected chi connectivity index (χ4v) is 3.60. The largest absolute Gasteiger partial charge is 0.478 e. The van der Waals surface area contributed by atoms with Gasteiger partial charge in [-0.1, -0.05) is 17.7 Å². The van der Waals surface area contributed by atoms with E-state index in [2.05, 4.69) is 46.0 Å². The molecule has 4 rings (SSSR count). The third-order valence-electron chi connectivity index (χ3n) is 5.26. The van der Waals surface area contributed by atoms with Crippen LogP contribution in [0.2, 0.25) is 0 Å². The van der Waals surface area contributed by atoms with Crippen LogP contribution in [0.1, 0.15) is 15.9 Å². The summed E-state index contributed by atoms with van der Waals surface area (Å²) in [5.74, 6) is -0.457. The molecule has 2 heterocycles. The van der Waals surface area contributed by atoms with Crippen molar-refractivity contribution < 1.29 is 9.90 Å². The predicted octanol–water partition coefficient (Wildman–Crippen LogP) is 2.27. The van der Waals surface area contributed by atoms with Gasteiger partial charge in [-0.3, -0.25) is 9.36 Å². The van der Waals surface area contributed by atoms with Crippen LogP contribution in [-0.4, -0.2) is 46.8 Å². The summed E-state index contributed by atoms with van der Waals surface area (Å²) in [6, 6.07) is 12.9. The van der Waals surface area contributed by atoms with Gasteiger partial charge in [0, 0.05) is 38.9 Å². The number of rotatable bonds is 3. The number of aromatic nitrogens is 2. The molecular formula is C21H22N4O3. The Balaban J connectivity index is 1.62. The molecule has 1 N–H and O–H groups in total. The highest BCUT2D eigenvalue weighted by Gasteiger charge is 2.21. The maximum absolute atomic E-state index is 12.7. The van der Waals surface area contributed by atoms with Crippen molar-refractivity contribution >= 4 is 28.5 Å². The molecule has 0 spiro atoms. The van der Waals surface area contributed by atoms with Gasteiger partial charge in [-0.25, -0.2) is 9.78 Å². The molecule has 7 nitrogen and oxygen atoms in total. The van der Waals surface area contributed by atoms with E-state index in [0.717, 1.165) is 26.2 Å². The number of piperazine rings is 1. The number of aryl methyl sites for hydroxylation is 1. The van der Waals surface area contributed by atoms with Crippen LogP contribution < -0.4 is 15.4 Å². The van der Waals surface area contributed by atoms with Gasteiger partial charge in [-0.2, -0.15) is 0 Å². The fourth-order valence-electron chi connectivity index (χ4n) is 3.60. The van der Waals surface area contributed by atoms with Crippen molar-refractivity contribution in [3.05, 3.63) is 63.9 Å². The van der Waals surface area contributed by atoms with E-state index in [4.69, 9.17) is 0 Å². The minimum absolute atomic E-state index is 0.128. The first kappa shape index (κ1) is 18.0. The van der Waals surface area contributed by atoms with Crippen molar-refractivity contribution in [2.75, 3.05) is 36.0 Å². The molecule has 2 aromatic carbocycles. The Bertz CT molecular complexity index is 1100. The van der Waals surface area contributed by atoms with Crippen LogP contribution in [0.3, 0.4) is 0 Å². The number of carboxylic acid groups (broad SMARTS) is 1. The molecule has 144 valence electrons. The zero-order valence-electron chi connectivity index (χ0n) is 15.9. The van der Waals surface area contributed by atoms with Crippen LogP contribution in [0.15, 0.2) is 47.3 Å². The topological polar surface area (TPSA) is 78.7 Å². The van der Waals surface area contributed by atoms with Gasteiger partial charge in [-0.05, 0) is 37.3 Å². The lowest BCUT2D eigenvalue weighted by molar-refractivity contribution is 0.0697. The number of hydrogen-bond donors (Lipinski definition) is 1. The first-order chi connectivity index (χ1) is 13.4. The molecule has 7 heteroatoms. The van der Waals surface area contributed by atoms with E-state index < -0.39 is 5.97 Å². The minimum Gasteiger partial charge on any atom is -0.478 e. The summed E-state index contributed by atoms with van der Waals surface area (Å²) in [5.41, 5.74) is 2.80. The average Bonchev–Trinajstić information content (AvgIpc) is 2.71. The van der Waals surface area contributed by atoms with E-state index in [1.807, 2.05) is 0 Å². The van der Waals surface area contributed by atoms with E-state index in [1.54, 1.807) is 11.6 Å². The number of anilines is 2. The van der Waals surface area contributed by atoms with Crippen molar-refractivity contribution in [1.29, 1.82) is 0 Å². The summed E-state index contributed by atoms with van der Waals surface area (Å²) in [6.45, 7) is 5.19. The van der Waals surface area contributed by atoms with Crippen LogP contribution in [0.4, 0.5) is 11.6 Å². The summed E-state index contributed by atoms with van der Waals surface area (Å²) in [4.78, 5) is 33.0. The number of carboxylic acids is 1. The monoisotopic (exact) mass is 378 g/mol. The van der Waals surface area contributed by atoms with Gasteiger partial charge in [0.2, 0.25) is 5.95 Å². The molecule has 0 bridgehead atoms. The molecule has 0 amide bonds. The quantitative estimate of drug-likeness (QED) is 0.753. The first-order valence-electron chi connectivity index (χ1n) is 9.25. The second kappa shape index (κ2) is 6.99. The zero-order valence-corrected chi connectivity index (χ0v) is 15.9. The van der Waals surface area contributed by atoms with Crippen LogP contribution >= 0.6 is 0 Å². The Hall–Kier alpha value is -3.35. The molecule has 0 unspecified atom stereocenters. The molecule has 1 aliphatic heterocycles. The Labute approximate surface area is 162 Å². The third kappa shape index (κ3) is 3.19. The molecule has 28 heavy (non-hydrogen) atoms. The molecule has 1 aromatic heterocycles. The van der Waals surface area contributed by atoms with Crippen LogP contribution in [0.5, 0.6) is 0 Å². The molecule has 0 saturated carbocycles. The molecule has 3 aromatic rings. The zero-order chi connectivity index (χ0) is 19.8. The number of fused-ring (bicyclic) bond motifs is 1. The second-order valence-electron chi connectivity index (χ2n) is 7.12. The Morgan fingerprint density at radius 1 is 1.00 bits per heavy atom. The summed E-state index contributed by atoms with van der Waals surface area (Å²) < 4.78 is 1.55. The van der Waals surface area contributed by atoms with E-state index in [9.17, 15) is 14.7 Å². The van der Waals surface area contributed by atoms with Gasteiger partial charge in [0.1, 0.15) is 0 Å². The smallest absolute Gasteiger partial charge is 0.335 e. The van der Waals surface area contributed by atoms with Crippen molar-refractivity contribution in [3.63, 3.8) is 0 Å². The maximum atomic E-state index is 12.7. The molecular weight excluding hydrogens is 356 g/mol. The number of benzene rings is 2. The van der Waals surface area contributed by atoms with Gasteiger partial charge in [-0.15, -0.1) is 0 Å². The van der Waals surface area contributed by atoms with E-state index in [1.165, 1.54) is 29.4 Å². The highest BCUT2D eigenvalue weighted by molar-refractivity contribution is 5.93. The van der Waals surface area contributed by atoms with Crippen molar-refractivity contribution in [3.8, 4) is 0 Å². The average molecular weight is 378 g/mol. The molecule has 0 radical (unpaired) electrons. The van der Waals surface area contributed by atoms with E-state index in [-0.39, 0.29) is 11.1 Å². The van der Waals surface area contributed by atoms with Crippen LogP contribution in [0, 0.1) is 6.92 Å². The molecule has 1 fully saturated rings. The van der Waals surface area contributed by atoms with E-state index in [0.29, 0.717) is 16.9 Å². The number of hydrogen-bond acceptors (Lipinski definition) is 5. The van der Waals surface area contributed by atoms with Gasteiger partial charge in [0.15, 0.2) is 0 Å². The lowest BCUT2D eigenvalue weighted by Gasteiger charge is -2.37. The lowest BCUT2D eigenvalue weighted by atomic mass is 10.1. The molecule has 0 aliphatic carbocycles. The SMILES string of the molecule is Cc1ccc(N2CCN(c3nc4cc(C(=O)O)ccc4c(=O)n3C)CC2)cc1. The lowest BCUT2D eigenvalue weighted by Crippen LogP contribution is -2.48. The Morgan fingerprint density at radius 3 is 2.29 bits per heavy atom. The predicted molar refractivity (Wildman–Crippen MR) is 110 cm³/mol. The van der Waals surface area contributed by atoms with Gasteiger partial charge < -0.3 is 14.9 Å². The summed E-state index contributed by atoms with van der Waals surface area (Å²) in [7, 11) is 1.71.